The van der Waals surface area contributed by atoms with E-state index in [9.17, 15) is 4.79 Å². The average molecular weight is 240 g/mol. The predicted octanol–water partition coefficient (Wildman–Crippen LogP) is 0.999. The lowest BCUT2D eigenvalue weighted by molar-refractivity contribution is -0.142. The van der Waals surface area contributed by atoms with Gasteiger partial charge >= 0.3 is 5.97 Å². The Hall–Kier alpha value is -0.610. The number of hydrogen-bond acceptors (Lipinski definition) is 4. The number of carbonyl (C=O) groups is 1. The predicted molar refractivity (Wildman–Crippen MR) is 66.5 cm³/mol. The fourth-order valence-corrected chi connectivity index (χ4v) is 2.18. The molecule has 0 radical (unpaired) electrons. The third-order valence-corrected chi connectivity index (χ3v) is 3.69. The van der Waals surface area contributed by atoms with Crippen LogP contribution in [0.15, 0.2) is 0 Å². The molecule has 2 aliphatic carbocycles. The summed E-state index contributed by atoms with van der Waals surface area (Å²) in [6, 6.07) is -0.457. The van der Waals surface area contributed by atoms with Crippen molar-refractivity contribution in [3.8, 4) is 0 Å². The van der Waals surface area contributed by atoms with E-state index in [4.69, 9.17) is 5.73 Å². The van der Waals surface area contributed by atoms with Crippen molar-refractivity contribution in [3.05, 3.63) is 0 Å². The zero-order valence-corrected chi connectivity index (χ0v) is 10.7. The lowest BCUT2D eigenvalue weighted by atomic mass is 10.2. The second kappa shape index (κ2) is 5.83. The van der Waals surface area contributed by atoms with E-state index >= 15 is 0 Å². The van der Waals surface area contributed by atoms with E-state index in [1.165, 1.54) is 45.9 Å². The molecule has 98 valence electrons. The Morgan fingerprint density at radius 2 is 1.82 bits per heavy atom. The van der Waals surface area contributed by atoms with Crippen molar-refractivity contribution >= 4 is 5.97 Å². The van der Waals surface area contributed by atoms with E-state index in [1.54, 1.807) is 0 Å². The fourth-order valence-electron chi connectivity index (χ4n) is 2.18. The van der Waals surface area contributed by atoms with Crippen LogP contribution in [0, 0.1) is 11.8 Å². The van der Waals surface area contributed by atoms with E-state index in [2.05, 4.69) is 9.64 Å². The zero-order valence-electron chi connectivity index (χ0n) is 10.7. The van der Waals surface area contributed by atoms with Crippen LogP contribution in [0.3, 0.4) is 0 Å². The number of hydrogen-bond donors (Lipinski definition) is 1. The molecule has 2 N–H and O–H groups in total. The van der Waals surface area contributed by atoms with Gasteiger partial charge < -0.3 is 15.4 Å². The van der Waals surface area contributed by atoms with Gasteiger partial charge in [-0.1, -0.05) is 0 Å². The van der Waals surface area contributed by atoms with Crippen molar-refractivity contribution in [1.29, 1.82) is 0 Å². The van der Waals surface area contributed by atoms with Crippen LogP contribution < -0.4 is 5.73 Å². The van der Waals surface area contributed by atoms with Crippen molar-refractivity contribution < 1.29 is 9.53 Å². The summed E-state index contributed by atoms with van der Waals surface area (Å²) in [4.78, 5) is 13.7. The van der Waals surface area contributed by atoms with Gasteiger partial charge in [0.15, 0.2) is 0 Å². The van der Waals surface area contributed by atoms with Crippen molar-refractivity contribution in [2.45, 2.75) is 38.1 Å². The lowest BCUT2D eigenvalue weighted by Crippen LogP contribution is -2.37. The molecule has 0 heterocycles. The van der Waals surface area contributed by atoms with Crippen LogP contribution in [0.1, 0.15) is 32.1 Å². The highest BCUT2D eigenvalue weighted by atomic mass is 16.5. The number of carbonyl (C=O) groups excluding carboxylic acids is 1. The summed E-state index contributed by atoms with van der Waals surface area (Å²) in [5, 5.41) is 0. The lowest BCUT2D eigenvalue weighted by Gasteiger charge is -2.23. The molecule has 1 unspecified atom stereocenters. The van der Waals surface area contributed by atoms with Gasteiger partial charge in [-0.2, -0.15) is 0 Å². The molecule has 0 aliphatic heterocycles. The molecule has 4 nitrogen and oxygen atoms in total. The van der Waals surface area contributed by atoms with Crippen LogP contribution in [0.25, 0.3) is 0 Å². The van der Waals surface area contributed by atoms with Gasteiger partial charge in [-0.25, -0.2) is 0 Å². The molecule has 4 heteroatoms. The number of rotatable bonds is 8. The Labute approximate surface area is 103 Å². The number of ether oxygens (including phenoxy) is 1. The summed E-state index contributed by atoms with van der Waals surface area (Å²) >= 11 is 0. The quantitative estimate of drug-likeness (QED) is 0.643. The SMILES string of the molecule is COC(=O)C(N)CCN(CC1CC1)CC1CC1. The molecular formula is C13H24N2O2. The van der Waals surface area contributed by atoms with E-state index in [0.29, 0.717) is 6.42 Å². The first-order valence-electron chi connectivity index (χ1n) is 6.74. The molecule has 2 fully saturated rings. The standard InChI is InChI=1S/C13H24N2O2/c1-17-13(16)12(14)6-7-15(8-10-2-3-10)9-11-4-5-11/h10-12H,2-9,14H2,1H3. The number of nitrogens with zero attached hydrogens (tertiary/aromatic N) is 1. The minimum absolute atomic E-state index is 0.289. The Balaban J connectivity index is 1.69. The maximum atomic E-state index is 11.2. The molecule has 0 aromatic rings. The van der Waals surface area contributed by atoms with Gasteiger partial charge in [0, 0.05) is 19.6 Å². The van der Waals surface area contributed by atoms with E-state index < -0.39 is 6.04 Å². The Morgan fingerprint density at radius 1 is 1.29 bits per heavy atom. The van der Waals surface area contributed by atoms with Gasteiger partial charge in [0.05, 0.1) is 7.11 Å². The first-order valence-corrected chi connectivity index (χ1v) is 6.74. The molecule has 0 aromatic carbocycles. The normalized spacial score (nSPS) is 21.6. The van der Waals surface area contributed by atoms with Gasteiger partial charge in [0.25, 0.3) is 0 Å². The summed E-state index contributed by atoms with van der Waals surface area (Å²) in [6.45, 7) is 3.33. The van der Waals surface area contributed by atoms with Crippen molar-refractivity contribution in [2.24, 2.45) is 17.6 Å². The largest absolute Gasteiger partial charge is 0.468 e. The minimum Gasteiger partial charge on any atom is -0.468 e. The Morgan fingerprint density at radius 3 is 2.24 bits per heavy atom. The molecule has 0 aromatic heterocycles. The molecule has 17 heavy (non-hydrogen) atoms. The van der Waals surface area contributed by atoms with Gasteiger partial charge in [0.1, 0.15) is 6.04 Å². The molecule has 0 bridgehead atoms. The third-order valence-electron chi connectivity index (χ3n) is 3.69. The van der Waals surface area contributed by atoms with Crippen LogP contribution in [0.2, 0.25) is 0 Å². The van der Waals surface area contributed by atoms with Crippen molar-refractivity contribution in [2.75, 3.05) is 26.7 Å². The van der Waals surface area contributed by atoms with Crippen molar-refractivity contribution in [1.82, 2.24) is 4.90 Å². The minimum atomic E-state index is -0.457. The van der Waals surface area contributed by atoms with E-state index in [0.717, 1.165) is 18.4 Å². The number of methoxy groups -OCH3 is 1. The van der Waals surface area contributed by atoms with Crippen LogP contribution in [-0.2, 0) is 9.53 Å². The van der Waals surface area contributed by atoms with Crippen LogP contribution in [-0.4, -0.2) is 43.7 Å². The second-order valence-corrected chi connectivity index (χ2v) is 5.56. The van der Waals surface area contributed by atoms with Crippen LogP contribution in [0.5, 0.6) is 0 Å². The first kappa shape index (κ1) is 12.8. The summed E-state index contributed by atoms with van der Waals surface area (Å²) < 4.78 is 4.65. The maximum Gasteiger partial charge on any atom is 0.322 e. The number of nitrogens with two attached hydrogens (primary N) is 1. The first-order chi connectivity index (χ1) is 8.19. The molecular weight excluding hydrogens is 216 g/mol. The van der Waals surface area contributed by atoms with E-state index in [-0.39, 0.29) is 5.97 Å². The van der Waals surface area contributed by atoms with Gasteiger partial charge in [-0.3, -0.25) is 4.79 Å². The second-order valence-electron chi connectivity index (χ2n) is 5.56. The fraction of sp³-hybridized carbons (Fsp3) is 0.923. The molecule has 0 saturated heterocycles. The smallest absolute Gasteiger partial charge is 0.322 e. The number of esters is 1. The zero-order chi connectivity index (χ0) is 12.3. The Kier molecular flexibility index (Phi) is 4.40. The third kappa shape index (κ3) is 4.64. The Bertz CT molecular complexity index is 248. The molecule has 2 aliphatic rings. The molecule has 2 rings (SSSR count). The van der Waals surface area contributed by atoms with Crippen LogP contribution in [0.4, 0.5) is 0 Å². The average Bonchev–Trinajstić information content (AvgIpc) is 3.19. The molecule has 0 spiro atoms. The van der Waals surface area contributed by atoms with Crippen LogP contribution >= 0.6 is 0 Å². The molecule has 0 amide bonds. The molecule has 1 atom stereocenters. The summed E-state index contributed by atoms with van der Waals surface area (Å²) in [7, 11) is 1.40. The topological polar surface area (TPSA) is 55.6 Å². The molecule has 2 saturated carbocycles. The van der Waals surface area contributed by atoms with Gasteiger partial charge in [0.2, 0.25) is 0 Å². The summed E-state index contributed by atoms with van der Waals surface area (Å²) in [6.07, 6.45) is 6.23. The van der Waals surface area contributed by atoms with Gasteiger partial charge in [-0.05, 0) is 43.9 Å². The summed E-state index contributed by atoms with van der Waals surface area (Å²) in [5.41, 5.74) is 5.77. The van der Waals surface area contributed by atoms with Crippen molar-refractivity contribution in [3.63, 3.8) is 0 Å². The maximum absolute atomic E-state index is 11.2. The monoisotopic (exact) mass is 240 g/mol. The highest BCUT2D eigenvalue weighted by Crippen LogP contribution is 2.33. The summed E-state index contributed by atoms with van der Waals surface area (Å²) in [5.74, 6) is 1.52. The highest BCUT2D eigenvalue weighted by Gasteiger charge is 2.29. The van der Waals surface area contributed by atoms with E-state index in [1.807, 2.05) is 0 Å². The van der Waals surface area contributed by atoms with Gasteiger partial charge in [-0.15, -0.1) is 0 Å². The highest BCUT2D eigenvalue weighted by molar-refractivity contribution is 5.75.